The zero-order valence-corrected chi connectivity index (χ0v) is 13.5. The van der Waals surface area contributed by atoms with Gasteiger partial charge in [-0.1, -0.05) is 56.3 Å². The van der Waals surface area contributed by atoms with Crippen LogP contribution in [-0.4, -0.2) is 14.4 Å². The minimum Gasteiger partial charge on any atom is -0.411 e. The number of benzene rings is 1. The van der Waals surface area contributed by atoms with Gasteiger partial charge in [-0.25, -0.2) is 0 Å². The van der Waals surface area contributed by atoms with Gasteiger partial charge in [-0.3, -0.25) is 0 Å². The number of hydrogen-bond acceptors (Lipinski definition) is 1. The van der Waals surface area contributed by atoms with Gasteiger partial charge in [0.15, 0.2) is 8.32 Å². The molecule has 0 heterocycles. The molecule has 1 unspecified atom stereocenters. The lowest BCUT2D eigenvalue weighted by atomic mass is 10.1. The molecule has 0 aromatic heterocycles. The molecule has 1 aromatic carbocycles. The third kappa shape index (κ3) is 5.58. The van der Waals surface area contributed by atoms with Crippen LogP contribution in [0.5, 0.6) is 0 Å². The van der Waals surface area contributed by atoms with Crippen LogP contribution in [0.3, 0.4) is 0 Å². The van der Waals surface area contributed by atoms with Gasteiger partial charge in [-0.15, -0.1) is 6.58 Å². The number of hydrogen-bond donors (Lipinski definition) is 0. The van der Waals surface area contributed by atoms with Crippen molar-refractivity contribution in [2.24, 2.45) is 0 Å². The molecule has 2 heteroatoms. The lowest BCUT2D eigenvalue weighted by Gasteiger charge is -2.28. The Kier molecular flexibility index (Phi) is 6.26. The van der Waals surface area contributed by atoms with E-state index >= 15 is 0 Å². The summed E-state index contributed by atoms with van der Waals surface area (Å²) in [6.07, 6.45) is 4.30. The van der Waals surface area contributed by atoms with Gasteiger partial charge in [-0.05, 0) is 36.7 Å². The van der Waals surface area contributed by atoms with Crippen molar-refractivity contribution in [2.45, 2.75) is 45.0 Å². The van der Waals surface area contributed by atoms with Gasteiger partial charge >= 0.3 is 0 Å². The highest BCUT2D eigenvalue weighted by Gasteiger charge is 2.26. The number of allylic oxidation sites excluding steroid dienone is 1. The van der Waals surface area contributed by atoms with E-state index in [1.54, 1.807) is 0 Å². The second kappa shape index (κ2) is 7.46. The van der Waals surface area contributed by atoms with Crippen molar-refractivity contribution in [3.8, 4) is 0 Å². The highest BCUT2D eigenvalue weighted by atomic mass is 28.4. The molecule has 0 saturated carbocycles. The molecule has 0 aliphatic heterocycles. The third-order valence-corrected chi connectivity index (χ3v) is 5.35. The molecule has 0 radical (unpaired) electrons. The van der Waals surface area contributed by atoms with E-state index in [4.69, 9.17) is 4.43 Å². The summed E-state index contributed by atoms with van der Waals surface area (Å²) in [4.78, 5) is 0. The maximum absolute atomic E-state index is 6.28. The maximum Gasteiger partial charge on any atom is 0.191 e. The van der Waals surface area contributed by atoms with Crippen molar-refractivity contribution >= 4 is 13.9 Å². The first-order chi connectivity index (χ1) is 8.98. The molecular weight excluding hydrogens is 248 g/mol. The molecule has 0 amide bonds. The van der Waals surface area contributed by atoms with E-state index in [0.29, 0.717) is 0 Å². The predicted molar refractivity (Wildman–Crippen MR) is 87.7 cm³/mol. The Balaban J connectivity index is 2.63. The zero-order chi connectivity index (χ0) is 14.3. The molecule has 0 bridgehead atoms. The minimum atomic E-state index is -1.74. The zero-order valence-electron chi connectivity index (χ0n) is 12.5. The second-order valence-electron chi connectivity index (χ2n) is 5.59. The van der Waals surface area contributed by atoms with Gasteiger partial charge in [0.2, 0.25) is 0 Å². The van der Waals surface area contributed by atoms with Crippen LogP contribution in [0.1, 0.15) is 25.3 Å². The first-order valence-electron chi connectivity index (χ1n) is 7.02. The van der Waals surface area contributed by atoms with Crippen molar-refractivity contribution in [3.05, 3.63) is 55.1 Å². The molecule has 19 heavy (non-hydrogen) atoms. The van der Waals surface area contributed by atoms with Crippen LogP contribution in [0.25, 0.3) is 5.57 Å². The minimum absolute atomic E-state index is 0.190. The van der Waals surface area contributed by atoms with Crippen LogP contribution < -0.4 is 0 Å². The second-order valence-corrected chi connectivity index (χ2v) is 9.70. The summed E-state index contributed by atoms with van der Waals surface area (Å²) >= 11 is 0. The molecular formula is C17H26OSi. The van der Waals surface area contributed by atoms with Gasteiger partial charge in [0.05, 0.1) is 6.10 Å². The average Bonchev–Trinajstić information content (AvgIpc) is 2.38. The Labute approximate surface area is 119 Å². The van der Waals surface area contributed by atoms with Gasteiger partial charge in [-0.2, -0.15) is 0 Å². The van der Waals surface area contributed by atoms with Crippen LogP contribution in [0.4, 0.5) is 0 Å². The predicted octanol–water partition coefficient (Wildman–Crippen LogP) is 5.28. The summed E-state index contributed by atoms with van der Waals surface area (Å²) in [7, 11) is -1.74. The van der Waals surface area contributed by atoms with Crippen molar-refractivity contribution in [3.63, 3.8) is 0 Å². The van der Waals surface area contributed by atoms with Crippen LogP contribution in [0, 0.1) is 0 Å². The van der Waals surface area contributed by atoms with Crippen LogP contribution in [-0.2, 0) is 4.43 Å². The van der Waals surface area contributed by atoms with E-state index in [0.717, 1.165) is 18.9 Å². The summed E-state index contributed by atoms with van der Waals surface area (Å²) in [6.45, 7) is 14.8. The lowest BCUT2D eigenvalue weighted by Crippen LogP contribution is -2.34. The molecule has 0 aliphatic rings. The Morgan fingerprint density at radius 2 is 1.95 bits per heavy atom. The van der Waals surface area contributed by atoms with E-state index in [1.165, 1.54) is 11.1 Å². The van der Waals surface area contributed by atoms with Crippen molar-refractivity contribution in [2.75, 3.05) is 0 Å². The maximum atomic E-state index is 6.28. The largest absolute Gasteiger partial charge is 0.411 e. The Morgan fingerprint density at radius 1 is 1.32 bits per heavy atom. The Morgan fingerprint density at radius 3 is 2.47 bits per heavy atom. The van der Waals surface area contributed by atoms with Crippen molar-refractivity contribution in [1.82, 2.24) is 0 Å². The first kappa shape index (κ1) is 15.9. The summed E-state index contributed by atoms with van der Waals surface area (Å²) in [5.41, 5.74) is 2.40. The van der Waals surface area contributed by atoms with Gasteiger partial charge in [0, 0.05) is 0 Å². The Bertz CT molecular complexity index is 409. The average molecular weight is 274 g/mol. The highest BCUT2D eigenvalue weighted by Crippen LogP contribution is 2.26. The lowest BCUT2D eigenvalue weighted by molar-refractivity contribution is 0.229. The summed E-state index contributed by atoms with van der Waals surface area (Å²) in [5.74, 6) is 0. The van der Waals surface area contributed by atoms with E-state index in [-0.39, 0.29) is 6.10 Å². The molecule has 1 atom stereocenters. The summed E-state index contributed by atoms with van der Waals surface area (Å²) < 4.78 is 6.28. The summed E-state index contributed by atoms with van der Waals surface area (Å²) in [6, 6.07) is 11.3. The molecule has 0 aliphatic carbocycles. The normalized spacial score (nSPS) is 13.0. The van der Waals surface area contributed by atoms with Crippen LogP contribution >= 0.6 is 0 Å². The van der Waals surface area contributed by atoms with E-state index in [9.17, 15) is 0 Å². The van der Waals surface area contributed by atoms with Crippen molar-refractivity contribution in [1.29, 1.82) is 0 Å². The van der Waals surface area contributed by atoms with Gasteiger partial charge < -0.3 is 4.43 Å². The quantitative estimate of drug-likeness (QED) is 0.463. The fourth-order valence-corrected chi connectivity index (χ4v) is 4.60. The van der Waals surface area contributed by atoms with Crippen LogP contribution in [0.15, 0.2) is 49.6 Å². The van der Waals surface area contributed by atoms with Crippen LogP contribution in [0.2, 0.25) is 19.1 Å². The third-order valence-electron chi connectivity index (χ3n) is 3.13. The molecule has 1 nitrogen and oxygen atoms in total. The molecule has 0 N–H and O–H groups in total. The fraction of sp³-hybridized carbons (Fsp3) is 0.412. The van der Waals surface area contributed by atoms with E-state index < -0.39 is 8.32 Å². The van der Waals surface area contributed by atoms with Gasteiger partial charge in [0.1, 0.15) is 0 Å². The molecule has 104 valence electrons. The van der Waals surface area contributed by atoms with Crippen molar-refractivity contribution < 1.29 is 4.43 Å². The standard InChI is InChI=1S/C17H26OSi/c1-6-11-17(7-2)18-19(4,5)14-15(3)16-12-9-8-10-13-16/h7-10,12-13,17H,2-3,6,11,14H2,1,4-5H3. The highest BCUT2D eigenvalue weighted by molar-refractivity contribution is 6.72. The first-order valence-corrected chi connectivity index (χ1v) is 10.1. The molecule has 1 aromatic rings. The number of rotatable bonds is 8. The monoisotopic (exact) mass is 274 g/mol. The SMILES string of the molecule is C=CC(CCC)O[Si](C)(C)CC(=C)c1ccccc1. The molecule has 0 saturated heterocycles. The smallest absolute Gasteiger partial charge is 0.191 e. The van der Waals surface area contributed by atoms with E-state index in [2.05, 4.69) is 57.4 Å². The molecule has 0 spiro atoms. The fourth-order valence-electron chi connectivity index (χ4n) is 2.25. The summed E-state index contributed by atoms with van der Waals surface area (Å²) in [5, 5.41) is 0. The molecule has 1 rings (SSSR count). The molecule has 0 fully saturated rings. The Hall–Kier alpha value is -1.12. The van der Waals surface area contributed by atoms with E-state index in [1.807, 2.05) is 12.1 Å². The van der Waals surface area contributed by atoms with Gasteiger partial charge in [0.25, 0.3) is 0 Å². The topological polar surface area (TPSA) is 9.23 Å².